The third-order valence-corrected chi connectivity index (χ3v) is 8.54. The predicted molar refractivity (Wildman–Crippen MR) is 148 cm³/mol. The Morgan fingerprint density at radius 1 is 0.941 bits per heavy atom. The van der Waals surface area contributed by atoms with E-state index in [-0.39, 0.29) is 15.6 Å². The van der Waals surface area contributed by atoms with Gasteiger partial charge in [0.1, 0.15) is 18.1 Å². The SMILES string of the molecule is CCC(c1ccccc1)C(I)(c1ccc(OCCCl)cc1)c1ccc(OC2CCCCO2)cc1. The lowest BCUT2D eigenvalue weighted by Gasteiger charge is -2.37. The summed E-state index contributed by atoms with van der Waals surface area (Å²) in [4.78, 5) is 0. The van der Waals surface area contributed by atoms with E-state index in [1.54, 1.807) is 0 Å². The van der Waals surface area contributed by atoms with Crippen LogP contribution in [0.4, 0.5) is 0 Å². The van der Waals surface area contributed by atoms with Crippen molar-refractivity contribution in [3.05, 3.63) is 95.6 Å². The molecule has 34 heavy (non-hydrogen) atoms. The molecule has 1 aliphatic heterocycles. The molecule has 3 unspecified atom stereocenters. The first-order valence-corrected chi connectivity index (χ1v) is 13.7. The molecule has 0 aromatic heterocycles. The Morgan fingerprint density at radius 2 is 1.59 bits per heavy atom. The minimum Gasteiger partial charge on any atom is -0.492 e. The van der Waals surface area contributed by atoms with Crippen molar-refractivity contribution in [3.8, 4) is 11.5 Å². The third kappa shape index (κ3) is 5.89. The normalized spacial score (nSPS) is 18.6. The first kappa shape index (κ1) is 25.3. The molecule has 180 valence electrons. The average Bonchev–Trinajstić information content (AvgIpc) is 2.90. The van der Waals surface area contributed by atoms with Crippen LogP contribution in [0.15, 0.2) is 78.9 Å². The van der Waals surface area contributed by atoms with Crippen molar-refractivity contribution in [2.24, 2.45) is 0 Å². The predicted octanol–water partition coefficient (Wildman–Crippen LogP) is 8.08. The van der Waals surface area contributed by atoms with Gasteiger partial charge >= 0.3 is 0 Å². The molecule has 0 saturated carbocycles. The van der Waals surface area contributed by atoms with Crippen molar-refractivity contribution >= 4 is 34.2 Å². The minimum absolute atomic E-state index is 0.141. The van der Waals surface area contributed by atoms with Gasteiger partial charge in [-0.05, 0) is 60.2 Å². The smallest absolute Gasteiger partial charge is 0.199 e. The summed E-state index contributed by atoms with van der Waals surface area (Å²) in [7, 11) is 0. The third-order valence-electron chi connectivity index (χ3n) is 6.39. The summed E-state index contributed by atoms with van der Waals surface area (Å²) in [6, 6.07) is 27.8. The van der Waals surface area contributed by atoms with Crippen molar-refractivity contribution in [3.63, 3.8) is 0 Å². The van der Waals surface area contributed by atoms with Crippen LogP contribution in [0.5, 0.6) is 11.5 Å². The number of benzene rings is 3. The molecule has 1 saturated heterocycles. The fraction of sp³-hybridized carbons (Fsp3) is 0.379. The van der Waals surface area contributed by atoms with Crippen LogP contribution in [0.25, 0.3) is 0 Å². The highest BCUT2D eigenvalue weighted by atomic mass is 127. The molecule has 1 fully saturated rings. The summed E-state index contributed by atoms with van der Waals surface area (Å²) in [5.41, 5.74) is 3.82. The molecule has 3 aromatic rings. The van der Waals surface area contributed by atoms with Gasteiger partial charge in [-0.25, -0.2) is 0 Å². The molecule has 3 atom stereocenters. The largest absolute Gasteiger partial charge is 0.492 e. The number of alkyl halides is 2. The molecular weight excluding hydrogens is 559 g/mol. The van der Waals surface area contributed by atoms with Crippen LogP contribution in [0.3, 0.4) is 0 Å². The van der Waals surface area contributed by atoms with Gasteiger partial charge in [-0.1, -0.05) is 84.1 Å². The lowest BCUT2D eigenvalue weighted by atomic mass is 9.75. The van der Waals surface area contributed by atoms with E-state index in [2.05, 4.69) is 96.2 Å². The molecule has 0 aliphatic carbocycles. The number of rotatable bonds is 10. The molecule has 3 nitrogen and oxygen atoms in total. The fourth-order valence-corrected chi connectivity index (χ4v) is 6.28. The molecule has 4 rings (SSSR count). The van der Waals surface area contributed by atoms with Gasteiger partial charge < -0.3 is 14.2 Å². The molecule has 0 spiro atoms. The lowest BCUT2D eigenvalue weighted by Crippen LogP contribution is -2.28. The number of hydrogen-bond acceptors (Lipinski definition) is 3. The van der Waals surface area contributed by atoms with Crippen LogP contribution in [0, 0.1) is 0 Å². The molecule has 0 N–H and O–H groups in total. The maximum atomic E-state index is 6.10. The Bertz CT molecular complexity index is 1000. The van der Waals surface area contributed by atoms with E-state index < -0.39 is 0 Å². The quantitative estimate of drug-likeness (QED) is 0.176. The van der Waals surface area contributed by atoms with E-state index in [9.17, 15) is 0 Å². The second kappa shape index (κ2) is 12.3. The summed E-state index contributed by atoms with van der Waals surface area (Å²) in [6.07, 6.45) is 4.08. The zero-order valence-electron chi connectivity index (χ0n) is 19.6. The summed E-state index contributed by atoms with van der Waals surface area (Å²) < 4.78 is 17.3. The van der Waals surface area contributed by atoms with E-state index >= 15 is 0 Å². The van der Waals surface area contributed by atoms with Gasteiger partial charge in [-0.2, -0.15) is 0 Å². The highest BCUT2D eigenvalue weighted by Gasteiger charge is 2.39. The highest BCUT2D eigenvalue weighted by Crippen LogP contribution is 2.52. The van der Waals surface area contributed by atoms with Crippen LogP contribution in [-0.2, 0) is 8.16 Å². The van der Waals surface area contributed by atoms with Gasteiger partial charge in [0.2, 0.25) is 0 Å². The fourth-order valence-electron chi connectivity index (χ4n) is 4.68. The number of halogens is 2. The first-order valence-electron chi connectivity index (χ1n) is 12.1. The Labute approximate surface area is 221 Å². The van der Waals surface area contributed by atoms with E-state index in [0.29, 0.717) is 12.5 Å². The lowest BCUT2D eigenvalue weighted by molar-refractivity contribution is -0.105. The van der Waals surface area contributed by atoms with Crippen molar-refractivity contribution in [2.75, 3.05) is 19.1 Å². The van der Waals surface area contributed by atoms with Crippen LogP contribution < -0.4 is 9.47 Å². The molecule has 0 bridgehead atoms. The summed E-state index contributed by atoms with van der Waals surface area (Å²) in [5.74, 6) is 2.46. The van der Waals surface area contributed by atoms with Gasteiger partial charge in [0.15, 0.2) is 6.29 Å². The highest BCUT2D eigenvalue weighted by molar-refractivity contribution is 14.1. The minimum atomic E-state index is -0.265. The van der Waals surface area contributed by atoms with Gasteiger partial charge in [0, 0.05) is 12.3 Å². The molecule has 1 heterocycles. The summed E-state index contributed by atoms with van der Waals surface area (Å²) >= 11 is 8.45. The van der Waals surface area contributed by atoms with Crippen molar-refractivity contribution in [1.82, 2.24) is 0 Å². The average molecular weight is 591 g/mol. The molecule has 5 heteroatoms. The first-order chi connectivity index (χ1) is 16.6. The van der Waals surface area contributed by atoms with E-state index in [0.717, 1.165) is 43.8 Å². The monoisotopic (exact) mass is 590 g/mol. The van der Waals surface area contributed by atoms with E-state index in [1.807, 2.05) is 12.1 Å². The van der Waals surface area contributed by atoms with Crippen LogP contribution in [0.1, 0.15) is 55.2 Å². The molecule has 3 aromatic carbocycles. The summed E-state index contributed by atoms with van der Waals surface area (Å²) in [5, 5.41) is 0. The summed E-state index contributed by atoms with van der Waals surface area (Å²) in [6.45, 7) is 3.55. The van der Waals surface area contributed by atoms with Crippen molar-refractivity contribution in [1.29, 1.82) is 0 Å². The van der Waals surface area contributed by atoms with Crippen molar-refractivity contribution < 1.29 is 14.2 Å². The van der Waals surface area contributed by atoms with Crippen molar-refractivity contribution in [2.45, 2.75) is 48.2 Å². The van der Waals surface area contributed by atoms with Gasteiger partial charge in [-0.3, -0.25) is 0 Å². The maximum absolute atomic E-state index is 6.10. The second-order valence-corrected chi connectivity index (χ2v) is 10.7. The van der Waals surface area contributed by atoms with Gasteiger partial charge in [0.05, 0.1) is 15.9 Å². The molecule has 0 amide bonds. The Kier molecular flexibility index (Phi) is 9.15. The van der Waals surface area contributed by atoms with Crippen LogP contribution >= 0.6 is 34.2 Å². The molecular formula is C29H32ClIO3. The van der Waals surface area contributed by atoms with Gasteiger partial charge in [-0.15, -0.1) is 11.6 Å². The Hall–Kier alpha value is -1.76. The van der Waals surface area contributed by atoms with Crippen LogP contribution in [0.2, 0.25) is 0 Å². The topological polar surface area (TPSA) is 27.7 Å². The number of ether oxygens (including phenoxy) is 3. The van der Waals surface area contributed by atoms with E-state index in [4.69, 9.17) is 25.8 Å². The second-order valence-electron chi connectivity index (χ2n) is 8.58. The Balaban J connectivity index is 1.68. The van der Waals surface area contributed by atoms with E-state index in [1.165, 1.54) is 16.7 Å². The standard InChI is InChI=1S/C29H32ClIO3/c1-2-27(22-8-4-3-5-9-22)29(31,23-11-15-25(16-12-23)32-21-19-30)24-13-17-26(18-14-24)34-28-10-6-7-20-33-28/h3-5,8-9,11-18,27-28H,2,6-7,10,19-21H2,1H3. The Morgan fingerprint density at radius 3 is 2.15 bits per heavy atom. The maximum Gasteiger partial charge on any atom is 0.199 e. The zero-order valence-corrected chi connectivity index (χ0v) is 22.5. The molecule has 0 radical (unpaired) electrons. The zero-order chi connectivity index (χ0) is 23.8. The number of hydrogen-bond donors (Lipinski definition) is 0. The van der Waals surface area contributed by atoms with Crippen LogP contribution in [-0.4, -0.2) is 25.4 Å². The van der Waals surface area contributed by atoms with Gasteiger partial charge in [0.25, 0.3) is 0 Å². The molecule has 1 aliphatic rings.